The summed E-state index contributed by atoms with van der Waals surface area (Å²) in [6.45, 7) is 10.3. The maximum atomic E-state index is 10.1. The van der Waals surface area contributed by atoms with Gasteiger partial charge in [0.2, 0.25) is 0 Å². The number of para-hydroxylation sites is 2. The number of aromatic nitrogens is 1. The van der Waals surface area contributed by atoms with E-state index in [1.54, 1.807) is 6.07 Å². The van der Waals surface area contributed by atoms with Crippen LogP contribution in [0.2, 0.25) is 0 Å². The summed E-state index contributed by atoms with van der Waals surface area (Å²) in [7, 11) is 1.82. The SMILES string of the molecule is CN=C(NCC(C)c1c(C)noc1C)N1CCN(c2ccccc2O)CC1. The summed E-state index contributed by atoms with van der Waals surface area (Å²) in [6.07, 6.45) is 0. The summed E-state index contributed by atoms with van der Waals surface area (Å²) >= 11 is 0. The molecule has 1 aromatic heterocycles. The highest BCUT2D eigenvalue weighted by Gasteiger charge is 2.22. The molecule has 1 atom stereocenters. The molecule has 1 saturated heterocycles. The van der Waals surface area contributed by atoms with Crippen molar-refractivity contribution in [1.29, 1.82) is 0 Å². The lowest BCUT2D eigenvalue weighted by Gasteiger charge is -2.38. The number of guanidine groups is 1. The van der Waals surface area contributed by atoms with Gasteiger partial charge in [0, 0.05) is 51.3 Å². The predicted octanol–water partition coefficient (Wildman–Crippen LogP) is 2.50. The van der Waals surface area contributed by atoms with E-state index in [4.69, 9.17) is 4.52 Å². The summed E-state index contributed by atoms with van der Waals surface area (Å²) < 4.78 is 5.28. The number of phenols is 1. The molecule has 1 fully saturated rings. The minimum absolute atomic E-state index is 0.288. The molecule has 27 heavy (non-hydrogen) atoms. The number of aryl methyl sites for hydroxylation is 2. The summed E-state index contributed by atoms with van der Waals surface area (Å²) in [5, 5.41) is 17.6. The molecule has 146 valence electrons. The Morgan fingerprint density at radius 2 is 1.96 bits per heavy atom. The highest BCUT2D eigenvalue weighted by atomic mass is 16.5. The number of hydrogen-bond donors (Lipinski definition) is 2. The summed E-state index contributed by atoms with van der Waals surface area (Å²) in [4.78, 5) is 8.92. The van der Waals surface area contributed by atoms with Crippen LogP contribution in [-0.2, 0) is 0 Å². The zero-order valence-electron chi connectivity index (χ0n) is 16.6. The number of piperazine rings is 1. The normalized spacial score (nSPS) is 16.5. The van der Waals surface area contributed by atoms with Gasteiger partial charge in [-0.3, -0.25) is 4.99 Å². The van der Waals surface area contributed by atoms with Gasteiger partial charge in [-0.25, -0.2) is 0 Å². The van der Waals surface area contributed by atoms with Crippen LogP contribution in [0.1, 0.15) is 29.9 Å². The number of benzene rings is 1. The van der Waals surface area contributed by atoms with Gasteiger partial charge in [-0.15, -0.1) is 0 Å². The summed E-state index contributed by atoms with van der Waals surface area (Å²) in [6, 6.07) is 7.50. The number of nitrogens with zero attached hydrogens (tertiary/aromatic N) is 4. The molecular weight excluding hydrogens is 342 g/mol. The van der Waals surface area contributed by atoms with Crippen LogP contribution in [-0.4, -0.2) is 60.9 Å². The highest BCUT2D eigenvalue weighted by Crippen LogP contribution is 2.27. The second-order valence-electron chi connectivity index (χ2n) is 7.03. The van der Waals surface area contributed by atoms with Gasteiger partial charge >= 0.3 is 0 Å². The van der Waals surface area contributed by atoms with Crippen molar-refractivity contribution in [2.75, 3.05) is 44.7 Å². The molecule has 1 unspecified atom stereocenters. The van der Waals surface area contributed by atoms with Crippen molar-refractivity contribution in [2.24, 2.45) is 4.99 Å². The van der Waals surface area contributed by atoms with Gasteiger partial charge in [0.25, 0.3) is 0 Å². The fraction of sp³-hybridized carbons (Fsp3) is 0.500. The molecule has 0 bridgehead atoms. The van der Waals surface area contributed by atoms with Crippen molar-refractivity contribution in [1.82, 2.24) is 15.4 Å². The molecule has 0 spiro atoms. The lowest BCUT2D eigenvalue weighted by molar-refractivity contribution is 0.368. The molecular formula is C20H29N5O2. The van der Waals surface area contributed by atoms with Gasteiger partial charge in [0.1, 0.15) is 11.5 Å². The third-order valence-electron chi connectivity index (χ3n) is 5.16. The molecule has 1 aromatic carbocycles. The van der Waals surface area contributed by atoms with Crippen molar-refractivity contribution in [2.45, 2.75) is 26.7 Å². The molecule has 2 heterocycles. The minimum Gasteiger partial charge on any atom is -0.506 e. The monoisotopic (exact) mass is 371 g/mol. The number of anilines is 1. The fourth-order valence-corrected chi connectivity index (χ4v) is 3.76. The van der Waals surface area contributed by atoms with E-state index in [-0.39, 0.29) is 5.92 Å². The van der Waals surface area contributed by atoms with Crippen LogP contribution in [0.4, 0.5) is 5.69 Å². The zero-order valence-corrected chi connectivity index (χ0v) is 16.6. The maximum absolute atomic E-state index is 10.1. The first-order valence-electron chi connectivity index (χ1n) is 9.42. The minimum atomic E-state index is 0.288. The van der Waals surface area contributed by atoms with Crippen LogP contribution in [0.15, 0.2) is 33.8 Å². The van der Waals surface area contributed by atoms with Crippen molar-refractivity contribution >= 4 is 11.6 Å². The lowest BCUT2D eigenvalue weighted by atomic mass is 10.00. The number of aromatic hydroxyl groups is 1. The highest BCUT2D eigenvalue weighted by molar-refractivity contribution is 5.80. The number of hydrogen-bond acceptors (Lipinski definition) is 5. The number of rotatable bonds is 4. The largest absolute Gasteiger partial charge is 0.506 e. The van der Waals surface area contributed by atoms with E-state index in [1.165, 1.54) is 5.56 Å². The van der Waals surface area contributed by atoms with Crippen molar-refractivity contribution in [3.8, 4) is 5.75 Å². The molecule has 7 nitrogen and oxygen atoms in total. The third kappa shape index (κ3) is 4.18. The van der Waals surface area contributed by atoms with Crippen LogP contribution in [0.25, 0.3) is 0 Å². The van der Waals surface area contributed by atoms with Crippen LogP contribution in [0, 0.1) is 13.8 Å². The Kier molecular flexibility index (Phi) is 5.88. The average Bonchev–Trinajstić information content (AvgIpc) is 3.01. The van der Waals surface area contributed by atoms with Crippen molar-refractivity contribution in [3.63, 3.8) is 0 Å². The second kappa shape index (κ2) is 8.33. The first-order chi connectivity index (χ1) is 13.0. The van der Waals surface area contributed by atoms with E-state index in [0.717, 1.165) is 55.8 Å². The van der Waals surface area contributed by atoms with Gasteiger partial charge in [0.15, 0.2) is 5.96 Å². The third-order valence-corrected chi connectivity index (χ3v) is 5.16. The Labute approximate surface area is 160 Å². The van der Waals surface area contributed by atoms with Crippen LogP contribution in [0.3, 0.4) is 0 Å². The first-order valence-corrected chi connectivity index (χ1v) is 9.42. The molecule has 1 aliphatic heterocycles. The molecule has 0 aliphatic carbocycles. The first kappa shape index (κ1) is 19.1. The van der Waals surface area contributed by atoms with E-state index >= 15 is 0 Å². The van der Waals surface area contributed by atoms with Crippen molar-refractivity contribution < 1.29 is 9.63 Å². The van der Waals surface area contributed by atoms with Gasteiger partial charge in [-0.1, -0.05) is 24.2 Å². The Bertz CT molecular complexity index is 774. The molecule has 3 rings (SSSR count). The van der Waals surface area contributed by atoms with E-state index in [2.05, 4.69) is 32.2 Å². The quantitative estimate of drug-likeness (QED) is 0.635. The van der Waals surface area contributed by atoms with Gasteiger partial charge in [-0.2, -0.15) is 0 Å². The van der Waals surface area contributed by atoms with Gasteiger partial charge in [0.05, 0.1) is 11.4 Å². The molecule has 0 radical (unpaired) electrons. The Morgan fingerprint density at radius 1 is 1.26 bits per heavy atom. The molecule has 7 heteroatoms. The smallest absolute Gasteiger partial charge is 0.193 e. The second-order valence-corrected chi connectivity index (χ2v) is 7.03. The van der Waals surface area contributed by atoms with E-state index < -0.39 is 0 Å². The molecule has 1 aliphatic rings. The standard InChI is InChI=1S/C20H29N5O2/c1-14(19-15(2)23-27-16(19)3)13-22-20(21-4)25-11-9-24(10-12-25)17-7-5-6-8-18(17)26/h5-8,14,26H,9-13H2,1-4H3,(H,21,22). The van der Waals surface area contributed by atoms with Gasteiger partial charge < -0.3 is 24.7 Å². The topological polar surface area (TPSA) is 77.1 Å². The lowest BCUT2D eigenvalue weighted by Crippen LogP contribution is -2.53. The van der Waals surface area contributed by atoms with Crippen LogP contribution < -0.4 is 10.2 Å². The predicted molar refractivity (Wildman–Crippen MR) is 108 cm³/mol. The Hall–Kier alpha value is -2.70. The maximum Gasteiger partial charge on any atom is 0.193 e. The molecule has 0 amide bonds. The zero-order chi connectivity index (χ0) is 19.4. The van der Waals surface area contributed by atoms with E-state index in [1.807, 2.05) is 39.1 Å². The van der Waals surface area contributed by atoms with E-state index in [0.29, 0.717) is 5.75 Å². The number of nitrogens with one attached hydrogen (secondary N) is 1. The number of phenolic OH excluding ortho intramolecular Hbond substituents is 1. The molecule has 0 saturated carbocycles. The molecule has 2 aromatic rings. The van der Waals surface area contributed by atoms with Crippen LogP contribution >= 0.6 is 0 Å². The summed E-state index contributed by atoms with van der Waals surface area (Å²) in [5.41, 5.74) is 3.02. The van der Waals surface area contributed by atoms with Crippen LogP contribution in [0.5, 0.6) is 5.75 Å². The number of aliphatic imine (C=N–C) groups is 1. The molecule has 2 N–H and O–H groups in total. The Balaban J connectivity index is 1.56. The van der Waals surface area contributed by atoms with E-state index in [9.17, 15) is 5.11 Å². The van der Waals surface area contributed by atoms with Crippen molar-refractivity contribution in [3.05, 3.63) is 41.3 Å². The van der Waals surface area contributed by atoms with Gasteiger partial charge in [-0.05, 0) is 26.0 Å². The summed E-state index contributed by atoms with van der Waals surface area (Å²) in [5.74, 6) is 2.41. The fourth-order valence-electron chi connectivity index (χ4n) is 3.76. The Morgan fingerprint density at radius 3 is 2.56 bits per heavy atom. The average molecular weight is 371 g/mol.